The van der Waals surface area contributed by atoms with Gasteiger partial charge in [-0.05, 0) is 43.0 Å². The predicted octanol–water partition coefficient (Wildman–Crippen LogP) is 3.87. The molecule has 1 aromatic carbocycles. The normalized spacial score (nSPS) is 17.4. The highest BCUT2D eigenvalue weighted by molar-refractivity contribution is 9.10. The van der Waals surface area contributed by atoms with Crippen molar-refractivity contribution in [3.05, 3.63) is 34.1 Å². The molecule has 88 valence electrons. The van der Waals surface area contributed by atoms with Crippen LogP contribution in [-0.4, -0.2) is 6.04 Å². The average Bonchev–Trinajstić information content (AvgIpc) is 3.03. The second kappa shape index (κ2) is 5.28. The van der Waals surface area contributed by atoms with E-state index in [4.69, 9.17) is 0 Å². The molecule has 16 heavy (non-hydrogen) atoms. The van der Waals surface area contributed by atoms with Crippen molar-refractivity contribution in [1.82, 2.24) is 5.32 Å². The van der Waals surface area contributed by atoms with Gasteiger partial charge in [0, 0.05) is 17.1 Å². The Hall–Kier alpha value is -0.410. The fraction of sp³-hybridized carbons (Fsp3) is 0.538. The van der Waals surface area contributed by atoms with Gasteiger partial charge in [0.15, 0.2) is 0 Å². The highest BCUT2D eigenvalue weighted by atomic mass is 79.9. The Balaban J connectivity index is 1.85. The molecular formula is C13H17BrFN. The molecule has 0 spiro atoms. The molecule has 0 bridgehead atoms. The molecule has 1 aliphatic rings. The number of nitrogens with one attached hydrogen (secondary N) is 1. The Labute approximate surface area is 105 Å². The van der Waals surface area contributed by atoms with Crippen molar-refractivity contribution in [1.29, 1.82) is 0 Å². The second-order valence-corrected chi connectivity index (χ2v) is 5.55. The Morgan fingerprint density at radius 2 is 2.25 bits per heavy atom. The maximum absolute atomic E-state index is 13.0. The van der Waals surface area contributed by atoms with Gasteiger partial charge in [0.2, 0.25) is 0 Å². The summed E-state index contributed by atoms with van der Waals surface area (Å²) in [5, 5.41) is 3.44. The lowest BCUT2D eigenvalue weighted by molar-refractivity contribution is 0.486. The summed E-state index contributed by atoms with van der Waals surface area (Å²) in [6.45, 7) is 2.93. The molecule has 1 saturated carbocycles. The molecule has 0 aromatic heterocycles. The van der Waals surface area contributed by atoms with Gasteiger partial charge in [-0.1, -0.05) is 28.8 Å². The van der Waals surface area contributed by atoms with E-state index in [2.05, 4.69) is 28.2 Å². The smallest absolute Gasteiger partial charge is 0.123 e. The first-order valence-corrected chi connectivity index (χ1v) is 6.62. The first-order chi connectivity index (χ1) is 7.65. The van der Waals surface area contributed by atoms with Crippen LogP contribution in [0.1, 0.15) is 31.7 Å². The first-order valence-electron chi connectivity index (χ1n) is 5.82. The van der Waals surface area contributed by atoms with Crippen LogP contribution in [0.3, 0.4) is 0 Å². The van der Waals surface area contributed by atoms with Gasteiger partial charge in [0.05, 0.1) is 0 Å². The van der Waals surface area contributed by atoms with Gasteiger partial charge < -0.3 is 5.32 Å². The molecule has 1 fully saturated rings. The van der Waals surface area contributed by atoms with E-state index >= 15 is 0 Å². The van der Waals surface area contributed by atoms with Crippen molar-refractivity contribution in [2.24, 2.45) is 5.92 Å². The predicted molar refractivity (Wildman–Crippen MR) is 67.7 cm³/mol. The van der Waals surface area contributed by atoms with E-state index in [1.54, 1.807) is 12.1 Å². The first kappa shape index (κ1) is 12.1. The molecule has 0 heterocycles. The molecule has 1 nitrogen and oxygen atoms in total. The van der Waals surface area contributed by atoms with E-state index in [0.29, 0.717) is 6.04 Å². The lowest BCUT2D eigenvalue weighted by Crippen LogP contribution is -2.26. The van der Waals surface area contributed by atoms with Crippen molar-refractivity contribution >= 4 is 15.9 Å². The molecule has 2 rings (SSSR count). The minimum Gasteiger partial charge on any atom is -0.310 e. The Morgan fingerprint density at radius 3 is 2.94 bits per heavy atom. The maximum atomic E-state index is 13.0. The molecule has 0 amide bonds. The highest BCUT2D eigenvalue weighted by Crippen LogP contribution is 2.33. The van der Waals surface area contributed by atoms with Gasteiger partial charge in [-0.2, -0.15) is 0 Å². The summed E-state index contributed by atoms with van der Waals surface area (Å²) in [7, 11) is 0. The number of benzene rings is 1. The Morgan fingerprint density at radius 1 is 1.50 bits per heavy atom. The van der Waals surface area contributed by atoms with Gasteiger partial charge >= 0.3 is 0 Å². The van der Waals surface area contributed by atoms with Crippen molar-refractivity contribution in [2.45, 2.75) is 38.8 Å². The number of rotatable bonds is 5. The Kier molecular flexibility index (Phi) is 3.98. The zero-order chi connectivity index (χ0) is 11.5. The third-order valence-electron chi connectivity index (χ3n) is 3.03. The van der Waals surface area contributed by atoms with E-state index in [9.17, 15) is 4.39 Å². The third-order valence-corrected chi connectivity index (χ3v) is 3.81. The van der Waals surface area contributed by atoms with Gasteiger partial charge in [-0.15, -0.1) is 0 Å². The van der Waals surface area contributed by atoms with Crippen LogP contribution in [0, 0.1) is 11.7 Å². The number of hydrogen-bond acceptors (Lipinski definition) is 1. The van der Waals surface area contributed by atoms with Crippen LogP contribution >= 0.6 is 15.9 Å². The van der Waals surface area contributed by atoms with Crippen LogP contribution in [0.15, 0.2) is 22.7 Å². The van der Waals surface area contributed by atoms with Crippen LogP contribution in [0.2, 0.25) is 0 Å². The molecule has 0 aliphatic heterocycles. The van der Waals surface area contributed by atoms with E-state index < -0.39 is 0 Å². The van der Waals surface area contributed by atoms with Crippen LogP contribution in [0.25, 0.3) is 0 Å². The minimum atomic E-state index is -0.171. The van der Waals surface area contributed by atoms with Crippen molar-refractivity contribution in [3.8, 4) is 0 Å². The molecule has 1 N–H and O–H groups in total. The van der Waals surface area contributed by atoms with Crippen LogP contribution in [-0.2, 0) is 6.54 Å². The van der Waals surface area contributed by atoms with E-state index in [1.807, 2.05) is 0 Å². The summed E-state index contributed by atoms with van der Waals surface area (Å²) < 4.78 is 14.0. The molecule has 1 atom stereocenters. The van der Waals surface area contributed by atoms with Gasteiger partial charge in [-0.3, -0.25) is 0 Å². The molecule has 1 aromatic rings. The fourth-order valence-electron chi connectivity index (χ4n) is 1.90. The lowest BCUT2D eigenvalue weighted by Gasteiger charge is -2.14. The highest BCUT2D eigenvalue weighted by Gasteiger charge is 2.23. The van der Waals surface area contributed by atoms with Crippen molar-refractivity contribution < 1.29 is 4.39 Å². The summed E-state index contributed by atoms with van der Waals surface area (Å²) in [6.07, 6.45) is 4.01. The van der Waals surface area contributed by atoms with Gasteiger partial charge in [-0.25, -0.2) is 4.39 Å². The standard InChI is InChI=1S/C13H17BrFN/c1-9(6-10-2-3-10)16-8-11-7-12(15)4-5-13(11)14/h4-5,7,9-10,16H,2-3,6,8H2,1H3. The monoisotopic (exact) mass is 285 g/mol. The van der Waals surface area contributed by atoms with E-state index in [0.717, 1.165) is 22.5 Å². The van der Waals surface area contributed by atoms with E-state index in [-0.39, 0.29) is 5.82 Å². The molecular weight excluding hydrogens is 269 g/mol. The Bertz CT molecular complexity index is 363. The average molecular weight is 286 g/mol. The SMILES string of the molecule is CC(CC1CC1)NCc1cc(F)ccc1Br. The lowest BCUT2D eigenvalue weighted by atomic mass is 10.1. The van der Waals surface area contributed by atoms with Crippen LogP contribution in [0.4, 0.5) is 4.39 Å². The topological polar surface area (TPSA) is 12.0 Å². The molecule has 0 saturated heterocycles. The summed E-state index contributed by atoms with van der Waals surface area (Å²) in [5.74, 6) is 0.758. The second-order valence-electron chi connectivity index (χ2n) is 4.70. The third kappa shape index (κ3) is 3.56. The molecule has 1 unspecified atom stereocenters. The summed E-state index contributed by atoms with van der Waals surface area (Å²) in [4.78, 5) is 0. The summed E-state index contributed by atoms with van der Waals surface area (Å²) in [6, 6.07) is 5.34. The summed E-state index contributed by atoms with van der Waals surface area (Å²) >= 11 is 3.44. The van der Waals surface area contributed by atoms with Crippen molar-refractivity contribution in [2.75, 3.05) is 0 Å². The van der Waals surface area contributed by atoms with Crippen LogP contribution < -0.4 is 5.32 Å². The quantitative estimate of drug-likeness (QED) is 0.866. The molecule has 0 radical (unpaired) electrons. The summed E-state index contributed by atoms with van der Waals surface area (Å²) in [5.41, 5.74) is 0.989. The number of hydrogen-bond donors (Lipinski definition) is 1. The van der Waals surface area contributed by atoms with Crippen molar-refractivity contribution in [3.63, 3.8) is 0 Å². The van der Waals surface area contributed by atoms with Gasteiger partial charge in [0.25, 0.3) is 0 Å². The number of halogens is 2. The minimum absolute atomic E-state index is 0.171. The molecule has 3 heteroatoms. The maximum Gasteiger partial charge on any atom is 0.123 e. The molecule has 1 aliphatic carbocycles. The van der Waals surface area contributed by atoms with Crippen LogP contribution in [0.5, 0.6) is 0 Å². The fourth-order valence-corrected chi connectivity index (χ4v) is 2.29. The zero-order valence-electron chi connectivity index (χ0n) is 9.47. The largest absolute Gasteiger partial charge is 0.310 e. The zero-order valence-corrected chi connectivity index (χ0v) is 11.1. The van der Waals surface area contributed by atoms with E-state index in [1.165, 1.54) is 25.3 Å². The van der Waals surface area contributed by atoms with Gasteiger partial charge in [0.1, 0.15) is 5.82 Å².